The lowest BCUT2D eigenvalue weighted by atomic mass is 10.1. The molecule has 2 aromatic rings. The lowest BCUT2D eigenvalue weighted by Crippen LogP contribution is -2.10. The Morgan fingerprint density at radius 1 is 1.10 bits per heavy atom. The van der Waals surface area contributed by atoms with E-state index in [1.807, 2.05) is 24.3 Å². The summed E-state index contributed by atoms with van der Waals surface area (Å²) in [6.45, 7) is 0.888. The highest BCUT2D eigenvalue weighted by Crippen LogP contribution is 2.14. The summed E-state index contributed by atoms with van der Waals surface area (Å²) in [5.41, 5.74) is 6.64. The third-order valence-electron chi connectivity index (χ3n) is 2.98. The fourth-order valence-corrected chi connectivity index (χ4v) is 2.86. The first kappa shape index (κ1) is 15.7. The van der Waals surface area contributed by atoms with Crippen LogP contribution in [0.15, 0.2) is 53.4 Å². The molecule has 3 nitrogen and oxygen atoms in total. The number of hydrogen-bond acceptors (Lipinski definition) is 3. The molecule has 0 radical (unpaired) electrons. The van der Waals surface area contributed by atoms with Gasteiger partial charge < -0.3 is 10.5 Å². The first-order valence-corrected chi connectivity index (χ1v) is 8.07. The largest absolute Gasteiger partial charge is 0.493 e. The van der Waals surface area contributed by atoms with E-state index < -0.39 is 16.6 Å². The maximum atomic E-state index is 13.5. The SMILES string of the molecule is NCCc1ccc(OCCS(=O)c2ccccc2F)cc1. The topological polar surface area (TPSA) is 52.3 Å². The minimum Gasteiger partial charge on any atom is -0.493 e. The van der Waals surface area contributed by atoms with Crippen LogP contribution in [0.1, 0.15) is 5.56 Å². The Hall–Kier alpha value is -1.72. The second-order valence-electron chi connectivity index (χ2n) is 4.51. The number of ether oxygens (including phenoxy) is 1. The molecule has 0 amide bonds. The molecule has 0 aliphatic heterocycles. The van der Waals surface area contributed by atoms with Gasteiger partial charge in [0.15, 0.2) is 0 Å². The molecular formula is C16H18FNO2S. The first-order valence-electron chi connectivity index (χ1n) is 6.75. The molecule has 0 saturated heterocycles. The van der Waals surface area contributed by atoms with Gasteiger partial charge in [-0.15, -0.1) is 0 Å². The van der Waals surface area contributed by atoms with Gasteiger partial charge in [0.25, 0.3) is 0 Å². The molecule has 0 aliphatic rings. The van der Waals surface area contributed by atoms with Crippen molar-refractivity contribution in [1.82, 2.24) is 0 Å². The summed E-state index contributed by atoms with van der Waals surface area (Å²) >= 11 is 0. The summed E-state index contributed by atoms with van der Waals surface area (Å²) in [4.78, 5) is 0.222. The van der Waals surface area contributed by atoms with Crippen LogP contribution in [0.5, 0.6) is 5.75 Å². The zero-order valence-electron chi connectivity index (χ0n) is 11.6. The maximum absolute atomic E-state index is 13.5. The van der Waals surface area contributed by atoms with Crippen molar-refractivity contribution in [2.24, 2.45) is 5.73 Å². The van der Waals surface area contributed by atoms with Crippen LogP contribution in [0, 0.1) is 5.82 Å². The lowest BCUT2D eigenvalue weighted by molar-refractivity contribution is 0.342. The van der Waals surface area contributed by atoms with Crippen molar-refractivity contribution >= 4 is 10.8 Å². The number of hydrogen-bond donors (Lipinski definition) is 1. The molecule has 0 bridgehead atoms. The molecule has 0 fully saturated rings. The van der Waals surface area contributed by atoms with Gasteiger partial charge in [0.1, 0.15) is 18.2 Å². The number of halogens is 1. The van der Waals surface area contributed by atoms with E-state index in [-0.39, 0.29) is 17.3 Å². The van der Waals surface area contributed by atoms with E-state index in [0.29, 0.717) is 12.3 Å². The van der Waals surface area contributed by atoms with E-state index in [1.54, 1.807) is 12.1 Å². The molecule has 1 unspecified atom stereocenters. The zero-order chi connectivity index (χ0) is 15.1. The van der Waals surface area contributed by atoms with Crippen molar-refractivity contribution in [3.8, 4) is 5.75 Å². The van der Waals surface area contributed by atoms with Crippen LogP contribution < -0.4 is 10.5 Å². The summed E-state index contributed by atoms with van der Waals surface area (Å²) in [5.74, 6) is 0.522. The minimum atomic E-state index is -1.39. The van der Waals surface area contributed by atoms with Gasteiger partial charge in [0, 0.05) is 0 Å². The fraction of sp³-hybridized carbons (Fsp3) is 0.250. The Morgan fingerprint density at radius 3 is 2.48 bits per heavy atom. The van der Waals surface area contributed by atoms with Crippen molar-refractivity contribution in [3.05, 3.63) is 59.9 Å². The van der Waals surface area contributed by atoms with Gasteiger partial charge in [-0.2, -0.15) is 0 Å². The second kappa shape index (κ2) is 7.90. The molecule has 1 atom stereocenters. The van der Waals surface area contributed by atoms with Crippen LogP contribution in [0.3, 0.4) is 0 Å². The van der Waals surface area contributed by atoms with E-state index in [9.17, 15) is 8.60 Å². The maximum Gasteiger partial charge on any atom is 0.139 e. The van der Waals surface area contributed by atoms with Gasteiger partial charge in [-0.05, 0) is 42.8 Å². The highest BCUT2D eigenvalue weighted by Gasteiger charge is 2.09. The summed E-state index contributed by atoms with van der Waals surface area (Å²) in [6, 6.07) is 13.7. The third-order valence-corrected chi connectivity index (χ3v) is 4.33. The summed E-state index contributed by atoms with van der Waals surface area (Å²) < 4.78 is 31.0. The third kappa shape index (κ3) is 4.65. The van der Waals surface area contributed by atoms with Crippen LogP contribution in [0.4, 0.5) is 4.39 Å². The quantitative estimate of drug-likeness (QED) is 0.855. The summed E-state index contributed by atoms with van der Waals surface area (Å²) in [6.07, 6.45) is 0.831. The molecule has 0 saturated carbocycles. The molecule has 0 aliphatic carbocycles. The van der Waals surface area contributed by atoms with Crippen molar-refractivity contribution < 1.29 is 13.3 Å². The average molecular weight is 307 g/mol. The molecule has 2 rings (SSSR count). The van der Waals surface area contributed by atoms with Crippen molar-refractivity contribution in [1.29, 1.82) is 0 Å². The smallest absolute Gasteiger partial charge is 0.139 e. The van der Waals surface area contributed by atoms with Crippen LogP contribution in [0.25, 0.3) is 0 Å². The molecular weight excluding hydrogens is 289 g/mol. The number of nitrogens with two attached hydrogens (primary N) is 1. The highest BCUT2D eigenvalue weighted by molar-refractivity contribution is 7.85. The van der Waals surface area contributed by atoms with Crippen LogP contribution >= 0.6 is 0 Å². The molecule has 0 aromatic heterocycles. The van der Waals surface area contributed by atoms with Gasteiger partial charge in [-0.1, -0.05) is 24.3 Å². The van der Waals surface area contributed by atoms with E-state index >= 15 is 0 Å². The number of benzene rings is 2. The molecule has 5 heteroatoms. The molecule has 2 aromatic carbocycles. The van der Waals surface area contributed by atoms with E-state index in [1.165, 1.54) is 12.1 Å². The van der Waals surface area contributed by atoms with Gasteiger partial charge in [0.05, 0.1) is 21.4 Å². The van der Waals surface area contributed by atoms with Gasteiger partial charge in [-0.3, -0.25) is 4.21 Å². The average Bonchev–Trinajstić information content (AvgIpc) is 2.49. The molecule has 21 heavy (non-hydrogen) atoms. The van der Waals surface area contributed by atoms with Crippen molar-refractivity contribution in [2.75, 3.05) is 18.9 Å². The predicted octanol–water partition coefficient (Wildman–Crippen LogP) is 2.51. The van der Waals surface area contributed by atoms with E-state index in [0.717, 1.165) is 12.0 Å². The van der Waals surface area contributed by atoms with Crippen LogP contribution in [-0.4, -0.2) is 23.1 Å². The lowest BCUT2D eigenvalue weighted by Gasteiger charge is -2.07. The zero-order valence-corrected chi connectivity index (χ0v) is 12.4. The van der Waals surface area contributed by atoms with E-state index in [2.05, 4.69) is 0 Å². The molecule has 0 spiro atoms. The van der Waals surface area contributed by atoms with Crippen LogP contribution in [0.2, 0.25) is 0 Å². The van der Waals surface area contributed by atoms with Gasteiger partial charge >= 0.3 is 0 Å². The highest BCUT2D eigenvalue weighted by atomic mass is 32.2. The Balaban J connectivity index is 1.84. The standard InChI is InChI=1S/C16H18FNO2S/c17-15-3-1-2-4-16(15)21(19)12-11-20-14-7-5-13(6-8-14)9-10-18/h1-8H,9-12,18H2. The molecule has 0 heterocycles. The normalized spacial score (nSPS) is 12.1. The molecule has 112 valence electrons. The fourth-order valence-electron chi connectivity index (χ4n) is 1.89. The minimum absolute atomic E-state index is 0.222. The second-order valence-corrected chi connectivity index (χ2v) is 6.05. The molecule has 2 N–H and O–H groups in total. The first-order chi connectivity index (χ1) is 10.2. The van der Waals surface area contributed by atoms with Crippen molar-refractivity contribution in [2.45, 2.75) is 11.3 Å². The summed E-state index contributed by atoms with van der Waals surface area (Å²) in [7, 11) is -1.39. The van der Waals surface area contributed by atoms with E-state index in [4.69, 9.17) is 10.5 Å². The Labute approximate surface area is 126 Å². The Bertz CT molecular complexity index is 601. The van der Waals surface area contributed by atoms with Gasteiger partial charge in [-0.25, -0.2) is 4.39 Å². The summed E-state index contributed by atoms with van der Waals surface area (Å²) in [5, 5.41) is 0. The van der Waals surface area contributed by atoms with Gasteiger partial charge in [0.2, 0.25) is 0 Å². The predicted molar refractivity (Wildman–Crippen MR) is 82.4 cm³/mol. The Morgan fingerprint density at radius 2 is 1.81 bits per heavy atom. The number of rotatable bonds is 7. The van der Waals surface area contributed by atoms with Crippen LogP contribution in [-0.2, 0) is 17.2 Å². The monoisotopic (exact) mass is 307 g/mol. The Kier molecular flexibility index (Phi) is 5.90. The van der Waals surface area contributed by atoms with Crippen molar-refractivity contribution in [3.63, 3.8) is 0 Å².